The first-order valence-electron chi connectivity index (χ1n) is 5.84. The van der Waals surface area contributed by atoms with Crippen molar-refractivity contribution >= 4 is 5.91 Å². The summed E-state index contributed by atoms with van der Waals surface area (Å²) in [4.78, 5) is 11.9. The van der Waals surface area contributed by atoms with Crippen molar-refractivity contribution in [3.63, 3.8) is 0 Å². The van der Waals surface area contributed by atoms with Gasteiger partial charge in [-0.1, -0.05) is 6.42 Å². The summed E-state index contributed by atoms with van der Waals surface area (Å²) in [5, 5.41) is 12.2. The van der Waals surface area contributed by atoms with E-state index in [1.807, 2.05) is 0 Å². The molecule has 0 radical (unpaired) electrons. The third kappa shape index (κ3) is 2.01. The minimum atomic E-state index is -0.261. The molecule has 2 rings (SSSR count). The standard InChI is InChI=1S/C11H20N2O2/c12-7-11(4-5-11)10(15)13-9-3-1-2-8(9)6-14/h8-9,14H,1-7,12H2,(H,13,15). The third-order valence-corrected chi connectivity index (χ3v) is 3.94. The lowest BCUT2D eigenvalue weighted by molar-refractivity contribution is -0.127. The van der Waals surface area contributed by atoms with Crippen LogP contribution < -0.4 is 11.1 Å². The van der Waals surface area contributed by atoms with Gasteiger partial charge in [0.2, 0.25) is 5.91 Å². The van der Waals surface area contributed by atoms with E-state index in [9.17, 15) is 4.79 Å². The number of nitrogens with two attached hydrogens (primary N) is 1. The summed E-state index contributed by atoms with van der Waals surface area (Å²) in [5.41, 5.74) is 5.34. The van der Waals surface area contributed by atoms with Crippen LogP contribution in [0, 0.1) is 11.3 Å². The Bertz CT molecular complexity index is 251. The number of aliphatic hydroxyl groups is 1. The zero-order valence-corrected chi connectivity index (χ0v) is 9.04. The molecule has 15 heavy (non-hydrogen) atoms. The number of nitrogens with one attached hydrogen (secondary N) is 1. The lowest BCUT2D eigenvalue weighted by atomic mass is 10.0. The lowest BCUT2D eigenvalue weighted by Gasteiger charge is -2.22. The van der Waals surface area contributed by atoms with E-state index in [0.29, 0.717) is 6.54 Å². The van der Waals surface area contributed by atoms with Crippen LogP contribution in [0.1, 0.15) is 32.1 Å². The zero-order chi connectivity index (χ0) is 10.9. The summed E-state index contributed by atoms with van der Waals surface area (Å²) in [5.74, 6) is 0.359. The predicted molar refractivity (Wildman–Crippen MR) is 57.1 cm³/mol. The van der Waals surface area contributed by atoms with Crippen LogP contribution in [0.5, 0.6) is 0 Å². The molecule has 4 N–H and O–H groups in total. The fraction of sp³-hybridized carbons (Fsp3) is 0.909. The molecule has 2 fully saturated rings. The zero-order valence-electron chi connectivity index (χ0n) is 9.04. The van der Waals surface area contributed by atoms with Crippen LogP contribution in [-0.2, 0) is 4.79 Å². The molecule has 4 heteroatoms. The van der Waals surface area contributed by atoms with E-state index in [2.05, 4.69) is 5.32 Å². The number of amides is 1. The second kappa shape index (κ2) is 4.10. The number of carbonyl (C=O) groups is 1. The van der Waals surface area contributed by atoms with Crippen molar-refractivity contribution in [1.29, 1.82) is 0 Å². The number of hydrogen-bond donors (Lipinski definition) is 3. The maximum Gasteiger partial charge on any atom is 0.227 e. The highest BCUT2D eigenvalue weighted by Crippen LogP contribution is 2.45. The van der Waals surface area contributed by atoms with Gasteiger partial charge >= 0.3 is 0 Å². The summed E-state index contributed by atoms with van der Waals surface area (Å²) in [6.07, 6.45) is 4.97. The number of aliphatic hydroxyl groups excluding tert-OH is 1. The summed E-state index contributed by atoms with van der Waals surface area (Å²) in [7, 11) is 0. The van der Waals surface area contributed by atoms with Crippen LogP contribution in [0.4, 0.5) is 0 Å². The monoisotopic (exact) mass is 212 g/mol. The Balaban J connectivity index is 1.88. The van der Waals surface area contributed by atoms with Crippen molar-refractivity contribution in [2.75, 3.05) is 13.2 Å². The Kier molecular flexibility index (Phi) is 2.98. The summed E-state index contributed by atoms with van der Waals surface area (Å²) in [6.45, 7) is 0.635. The van der Waals surface area contributed by atoms with Crippen LogP contribution in [0.15, 0.2) is 0 Å². The number of hydrogen-bond acceptors (Lipinski definition) is 3. The highest BCUT2D eigenvalue weighted by Gasteiger charge is 2.49. The molecule has 0 bridgehead atoms. The summed E-state index contributed by atoms with van der Waals surface area (Å²) >= 11 is 0. The van der Waals surface area contributed by atoms with Crippen molar-refractivity contribution in [2.24, 2.45) is 17.1 Å². The van der Waals surface area contributed by atoms with Gasteiger partial charge in [0.1, 0.15) is 0 Å². The average molecular weight is 212 g/mol. The smallest absolute Gasteiger partial charge is 0.227 e. The van der Waals surface area contributed by atoms with Gasteiger partial charge in [-0.15, -0.1) is 0 Å². The van der Waals surface area contributed by atoms with Gasteiger partial charge in [0.25, 0.3) is 0 Å². The van der Waals surface area contributed by atoms with Gasteiger partial charge in [0.05, 0.1) is 5.41 Å². The Morgan fingerprint density at radius 2 is 2.20 bits per heavy atom. The van der Waals surface area contributed by atoms with E-state index in [0.717, 1.165) is 32.1 Å². The van der Waals surface area contributed by atoms with E-state index in [4.69, 9.17) is 10.8 Å². The molecule has 1 amide bonds. The van der Waals surface area contributed by atoms with E-state index in [1.54, 1.807) is 0 Å². The molecule has 0 aromatic rings. The van der Waals surface area contributed by atoms with Crippen LogP contribution in [-0.4, -0.2) is 30.2 Å². The van der Waals surface area contributed by atoms with Crippen molar-refractivity contribution in [3.8, 4) is 0 Å². The molecule has 0 heterocycles. The van der Waals surface area contributed by atoms with Crippen molar-refractivity contribution in [2.45, 2.75) is 38.1 Å². The largest absolute Gasteiger partial charge is 0.396 e. The topological polar surface area (TPSA) is 75.4 Å². The number of carbonyl (C=O) groups excluding carboxylic acids is 1. The van der Waals surface area contributed by atoms with Gasteiger partial charge in [-0.3, -0.25) is 4.79 Å². The highest BCUT2D eigenvalue weighted by molar-refractivity contribution is 5.85. The normalized spacial score (nSPS) is 32.7. The fourth-order valence-corrected chi connectivity index (χ4v) is 2.44. The molecule has 4 nitrogen and oxygen atoms in total. The van der Waals surface area contributed by atoms with Crippen molar-refractivity contribution < 1.29 is 9.90 Å². The summed E-state index contributed by atoms with van der Waals surface area (Å²) in [6, 6.07) is 0.173. The van der Waals surface area contributed by atoms with Crippen molar-refractivity contribution in [3.05, 3.63) is 0 Å². The second-order valence-electron chi connectivity index (χ2n) is 4.94. The quantitative estimate of drug-likeness (QED) is 0.614. The molecule has 0 aromatic heterocycles. The minimum absolute atomic E-state index is 0.107. The maximum absolute atomic E-state index is 11.9. The molecule has 0 spiro atoms. The van der Waals surface area contributed by atoms with E-state index < -0.39 is 0 Å². The molecule has 0 aromatic carbocycles. The van der Waals surface area contributed by atoms with E-state index >= 15 is 0 Å². The Morgan fingerprint density at radius 1 is 1.47 bits per heavy atom. The predicted octanol–water partition coefficient (Wildman–Crippen LogP) is 0.00250. The van der Waals surface area contributed by atoms with Gasteiger partial charge in [0.15, 0.2) is 0 Å². The Morgan fingerprint density at radius 3 is 2.73 bits per heavy atom. The average Bonchev–Trinajstić information content (AvgIpc) is 2.94. The van der Waals surface area contributed by atoms with E-state index in [-0.39, 0.29) is 29.9 Å². The SMILES string of the molecule is NCC1(C(=O)NC2CCCC2CO)CC1. The lowest BCUT2D eigenvalue weighted by Crippen LogP contribution is -2.44. The fourth-order valence-electron chi connectivity index (χ4n) is 2.44. The van der Waals surface area contributed by atoms with Crippen LogP contribution in [0.25, 0.3) is 0 Å². The Labute approximate surface area is 90.2 Å². The van der Waals surface area contributed by atoms with Gasteiger partial charge in [-0.25, -0.2) is 0 Å². The molecule has 0 saturated heterocycles. The van der Waals surface area contributed by atoms with E-state index in [1.165, 1.54) is 0 Å². The first kappa shape index (κ1) is 10.9. The molecule has 2 aliphatic rings. The van der Waals surface area contributed by atoms with Gasteiger partial charge < -0.3 is 16.2 Å². The molecule has 2 unspecified atom stereocenters. The van der Waals surface area contributed by atoms with Gasteiger partial charge in [-0.05, 0) is 25.7 Å². The molecule has 2 aliphatic carbocycles. The molecular formula is C11H20N2O2. The molecule has 86 valence electrons. The molecular weight excluding hydrogens is 192 g/mol. The third-order valence-electron chi connectivity index (χ3n) is 3.94. The molecule has 2 atom stereocenters. The van der Waals surface area contributed by atoms with Crippen LogP contribution >= 0.6 is 0 Å². The molecule has 2 saturated carbocycles. The highest BCUT2D eigenvalue weighted by atomic mass is 16.3. The Hall–Kier alpha value is -0.610. The van der Waals surface area contributed by atoms with Crippen LogP contribution in [0.3, 0.4) is 0 Å². The molecule has 0 aliphatic heterocycles. The van der Waals surface area contributed by atoms with Crippen molar-refractivity contribution in [1.82, 2.24) is 5.32 Å². The summed E-state index contributed by atoms with van der Waals surface area (Å²) < 4.78 is 0. The first-order chi connectivity index (χ1) is 7.22. The second-order valence-corrected chi connectivity index (χ2v) is 4.94. The van der Waals surface area contributed by atoms with Gasteiger partial charge in [-0.2, -0.15) is 0 Å². The van der Waals surface area contributed by atoms with Gasteiger partial charge in [0, 0.05) is 25.1 Å². The first-order valence-corrected chi connectivity index (χ1v) is 5.84. The minimum Gasteiger partial charge on any atom is -0.396 e. The van der Waals surface area contributed by atoms with Crippen LogP contribution in [0.2, 0.25) is 0 Å². The maximum atomic E-state index is 11.9. The number of rotatable bonds is 4.